The third-order valence-electron chi connectivity index (χ3n) is 2.02. The number of benzene rings is 1. The number of rotatable bonds is 6. The lowest BCUT2D eigenvalue weighted by molar-refractivity contribution is -0.122. The molecular weight excluding hydrogens is 208 g/mol. The number of hydrazine groups is 1. The van der Waals surface area contributed by atoms with E-state index in [1.807, 2.05) is 0 Å². The minimum atomic E-state index is -0.0925. The summed E-state index contributed by atoms with van der Waals surface area (Å²) in [7, 11) is 1.54. The van der Waals surface area contributed by atoms with Crippen molar-refractivity contribution in [1.82, 2.24) is 10.9 Å². The quantitative estimate of drug-likeness (QED) is 0.375. The molecule has 3 N–H and O–H groups in total. The van der Waals surface area contributed by atoms with Crippen molar-refractivity contribution in [1.29, 1.82) is 0 Å². The number of carbonyl (C=O) groups is 1. The number of hydrogen-bond acceptors (Lipinski definition) is 4. The van der Waals surface area contributed by atoms with Gasteiger partial charge in [-0.25, -0.2) is 5.43 Å². The molecule has 0 heterocycles. The molecule has 1 amide bonds. The molecule has 1 aromatic rings. The van der Waals surface area contributed by atoms with Gasteiger partial charge < -0.3 is 9.84 Å². The second kappa shape index (κ2) is 6.81. The van der Waals surface area contributed by atoms with E-state index < -0.39 is 0 Å². The van der Waals surface area contributed by atoms with Crippen LogP contribution in [0.3, 0.4) is 0 Å². The van der Waals surface area contributed by atoms with E-state index in [4.69, 9.17) is 9.84 Å². The van der Waals surface area contributed by atoms with Crippen molar-refractivity contribution in [3.63, 3.8) is 0 Å². The molecule has 88 valence electrons. The van der Waals surface area contributed by atoms with E-state index in [2.05, 4.69) is 10.9 Å². The maximum absolute atomic E-state index is 11.3. The maximum Gasteiger partial charge on any atom is 0.234 e. The van der Waals surface area contributed by atoms with E-state index in [9.17, 15) is 4.79 Å². The average molecular weight is 224 g/mol. The van der Waals surface area contributed by atoms with Gasteiger partial charge in [-0.3, -0.25) is 10.2 Å². The van der Waals surface area contributed by atoms with Crippen molar-refractivity contribution in [2.75, 3.05) is 13.8 Å². The number of ether oxygens (including phenoxy) is 1. The number of phenols is 1. The Morgan fingerprint density at radius 2 is 2.06 bits per heavy atom. The first kappa shape index (κ1) is 12.5. The smallest absolute Gasteiger partial charge is 0.234 e. The first-order chi connectivity index (χ1) is 7.72. The standard InChI is InChI=1S/C11H16N2O3/c1-16-8-12-13-11(15)7-4-9-2-5-10(14)6-3-9/h2-3,5-6,12,14H,4,7-8H2,1H3,(H,13,15). The molecule has 0 saturated heterocycles. The Hall–Kier alpha value is -1.59. The molecule has 0 atom stereocenters. The zero-order chi connectivity index (χ0) is 11.8. The Morgan fingerprint density at radius 3 is 2.69 bits per heavy atom. The van der Waals surface area contributed by atoms with Gasteiger partial charge >= 0.3 is 0 Å². The zero-order valence-electron chi connectivity index (χ0n) is 9.19. The van der Waals surface area contributed by atoms with E-state index in [1.54, 1.807) is 24.3 Å². The van der Waals surface area contributed by atoms with Crippen molar-refractivity contribution in [2.45, 2.75) is 12.8 Å². The molecule has 1 aromatic carbocycles. The largest absolute Gasteiger partial charge is 0.508 e. The lowest BCUT2D eigenvalue weighted by Gasteiger charge is -2.05. The Labute approximate surface area is 94.4 Å². The van der Waals surface area contributed by atoms with Gasteiger partial charge in [0.2, 0.25) is 5.91 Å². The van der Waals surface area contributed by atoms with E-state index in [-0.39, 0.29) is 18.4 Å². The number of methoxy groups -OCH3 is 1. The lowest BCUT2D eigenvalue weighted by Crippen LogP contribution is -2.38. The fourth-order valence-corrected chi connectivity index (χ4v) is 1.19. The van der Waals surface area contributed by atoms with Crippen LogP contribution >= 0.6 is 0 Å². The molecule has 1 rings (SSSR count). The van der Waals surface area contributed by atoms with Crippen LogP contribution in [0, 0.1) is 0 Å². The van der Waals surface area contributed by atoms with Gasteiger partial charge in [-0.2, -0.15) is 0 Å². The zero-order valence-corrected chi connectivity index (χ0v) is 9.19. The molecule has 16 heavy (non-hydrogen) atoms. The highest BCUT2D eigenvalue weighted by Gasteiger charge is 2.01. The second-order valence-electron chi connectivity index (χ2n) is 3.32. The molecule has 0 bridgehead atoms. The number of aromatic hydroxyl groups is 1. The SMILES string of the molecule is COCNNC(=O)CCc1ccc(O)cc1. The molecule has 0 fully saturated rings. The van der Waals surface area contributed by atoms with Gasteiger partial charge in [-0.15, -0.1) is 0 Å². The van der Waals surface area contributed by atoms with E-state index >= 15 is 0 Å². The van der Waals surface area contributed by atoms with Gasteiger partial charge in [0.25, 0.3) is 0 Å². The summed E-state index contributed by atoms with van der Waals surface area (Å²) in [4.78, 5) is 11.3. The molecular formula is C11H16N2O3. The molecule has 5 heteroatoms. The topological polar surface area (TPSA) is 70.6 Å². The molecule has 0 saturated carbocycles. The van der Waals surface area contributed by atoms with Gasteiger partial charge in [0, 0.05) is 13.5 Å². The highest BCUT2D eigenvalue weighted by atomic mass is 16.5. The molecule has 0 unspecified atom stereocenters. The first-order valence-corrected chi connectivity index (χ1v) is 5.01. The number of amides is 1. The number of phenolic OH excluding ortho intramolecular Hbond substituents is 1. The molecule has 0 aliphatic rings. The normalized spacial score (nSPS) is 10.1. The maximum atomic E-state index is 11.3. The van der Waals surface area contributed by atoms with Crippen LogP contribution in [0.4, 0.5) is 0 Å². The van der Waals surface area contributed by atoms with Crippen LogP contribution in [0.5, 0.6) is 5.75 Å². The summed E-state index contributed by atoms with van der Waals surface area (Å²) in [6.45, 7) is 0.283. The third-order valence-corrected chi connectivity index (χ3v) is 2.02. The van der Waals surface area contributed by atoms with Crippen molar-refractivity contribution >= 4 is 5.91 Å². The Kier molecular flexibility index (Phi) is 5.31. The summed E-state index contributed by atoms with van der Waals surface area (Å²) in [5, 5.41) is 9.07. The summed E-state index contributed by atoms with van der Waals surface area (Å²) in [6.07, 6.45) is 1.03. The highest BCUT2D eigenvalue weighted by molar-refractivity contribution is 5.75. The van der Waals surface area contributed by atoms with E-state index in [1.165, 1.54) is 7.11 Å². The van der Waals surface area contributed by atoms with Gasteiger partial charge in [0.05, 0.1) is 0 Å². The van der Waals surface area contributed by atoms with Gasteiger partial charge in [0.1, 0.15) is 12.5 Å². The monoisotopic (exact) mass is 224 g/mol. The predicted octanol–water partition coefficient (Wildman–Crippen LogP) is 0.549. The van der Waals surface area contributed by atoms with Crippen LogP contribution in [0.1, 0.15) is 12.0 Å². The Balaban J connectivity index is 2.23. The van der Waals surface area contributed by atoms with Crippen LogP contribution in [-0.2, 0) is 16.0 Å². The van der Waals surface area contributed by atoms with Crippen molar-refractivity contribution < 1.29 is 14.6 Å². The summed E-state index contributed by atoms with van der Waals surface area (Å²) in [5.74, 6) is 0.139. The molecule has 5 nitrogen and oxygen atoms in total. The van der Waals surface area contributed by atoms with Gasteiger partial charge in [0.15, 0.2) is 0 Å². The number of carbonyl (C=O) groups excluding carboxylic acids is 1. The number of nitrogens with one attached hydrogen (secondary N) is 2. The highest BCUT2D eigenvalue weighted by Crippen LogP contribution is 2.10. The summed E-state index contributed by atoms with van der Waals surface area (Å²) in [6, 6.07) is 6.81. The average Bonchev–Trinajstić information content (AvgIpc) is 2.29. The first-order valence-electron chi connectivity index (χ1n) is 5.01. The Morgan fingerprint density at radius 1 is 1.38 bits per heavy atom. The molecule has 0 radical (unpaired) electrons. The van der Waals surface area contributed by atoms with Crippen molar-refractivity contribution in [3.8, 4) is 5.75 Å². The lowest BCUT2D eigenvalue weighted by atomic mass is 10.1. The second-order valence-corrected chi connectivity index (χ2v) is 3.32. The molecule has 0 aliphatic carbocycles. The Bertz CT molecular complexity index is 325. The fourth-order valence-electron chi connectivity index (χ4n) is 1.19. The molecule has 0 aromatic heterocycles. The summed E-state index contributed by atoms with van der Waals surface area (Å²) < 4.78 is 4.71. The predicted molar refractivity (Wildman–Crippen MR) is 59.6 cm³/mol. The van der Waals surface area contributed by atoms with Crippen molar-refractivity contribution in [2.24, 2.45) is 0 Å². The van der Waals surface area contributed by atoms with E-state index in [0.29, 0.717) is 12.8 Å². The molecule has 0 aliphatic heterocycles. The van der Waals surface area contributed by atoms with Crippen LogP contribution in [-0.4, -0.2) is 24.9 Å². The van der Waals surface area contributed by atoms with Crippen molar-refractivity contribution in [3.05, 3.63) is 29.8 Å². The van der Waals surface area contributed by atoms with Gasteiger partial charge in [-0.05, 0) is 24.1 Å². The summed E-state index contributed by atoms with van der Waals surface area (Å²) >= 11 is 0. The van der Waals surface area contributed by atoms with E-state index in [0.717, 1.165) is 5.56 Å². The number of aryl methyl sites for hydroxylation is 1. The van der Waals surface area contributed by atoms with Crippen LogP contribution in [0.15, 0.2) is 24.3 Å². The van der Waals surface area contributed by atoms with Crippen LogP contribution < -0.4 is 10.9 Å². The summed E-state index contributed by atoms with van der Waals surface area (Å²) in [5.41, 5.74) is 6.13. The molecule has 0 spiro atoms. The van der Waals surface area contributed by atoms with Crippen LogP contribution in [0.25, 0.3) is 0 Å². The minimum absolute atomic E-state index is 0.0925. The minimum Gasteiger partial charge on any atom is -0.508 e. The fraction of sp³-hybridized carbons (Fsp3) is 0.364. The van der Waals surface area contributed by atoms with Crippen LogP contribution in [0.2, 0.25) is 0 Å². The third kappa shape index (κ3) is 4.77. The number of hydrogen-bond donors (Lipinski definition) is 3. The van der Waals surface area contributed by atoms with Gasteiger partial charge in [-0.1, -0.05) is 12.1 Å².